The number of piperidine rings is 1. The van der Waals surface area contributed by atoms with E-state index in [0.717, 1.165) is 38.6 Å². The van der Waals surface area contributed by atoms with E-state index in [9.17, 15) is 14.4 Å². The summed E-state index contributed by atoms with van der Waals surface area (Å²) in [7, 11) is 0. The molecule has 3 heterocycles. The van der Waals surface area contributed by atoms with Crippen LogP contribution in [0.15, 0.2) is 24.3 Å². The Labute approximate surface area is 177 Å². The van der Waals surface area contributed by atoms with Gasteiger partial charge in [-0.2, -0.15) is 0 Å². The molecule has 1 unspecified atom stereocenters. The van der Waals surface area contributed by atoms with E-state index in [4.69, 9.17) is 4.74 Å². The summed E-state index contributed by atoms with van der Waals surface area (Å²) in [5, 5.41) is 0. The minimum Gasteiger partial charge on any atom is -0.458 e. The second-order valence-corrected chi connectivity index (χ2v) is 9.38. The molecule has 160 valence electrons. The van der Waals surface area contributed by atoms with Gasteiger partial charge in [-0.3, -0.25) is 14.4 Å². The Kier molecular flexibility index (Phi) is 5.03. The maximum atomic E-state index is 13.2. The zero-order valence-corrected chi connectivity index (χ0v) is 17.5. The van der Waals surface area contributed by atoms with Crippen LogP contribution >= 0.6 is 0 Å². The van der Waals surface area contributed by atoms with Crippen molar-refractivity contribution in [3.05, 3.63) is 35.4 Å². The Bertz CT molecular complexity index is 853. The largest absolute Gasteiger partial charge is 0.458 e. The highest BCUT2D eigenvalue weighted by molar-refractivity contribution is 5.88. The van der Waals surface area contributed by atoms with Crippen molar-refractivity contribution in [3.63, 3.8) is 0 Å². The Balaban J connectivity index is 1.19. The van der Waals surface area contributed by atoms with Crippen LogP contribution in [0, 0.1) is 11.8 Å². The summed E-state index contributed by atoms with van der Waals surface area (Å²) in [5.41, 5.74) is 2.04. The number of carbonyl (C=O) groups is 3. The average Bonchev–Trinajstić information content (AvgIpc) is 3.38. The maximum absolute atomic E-state index is 13.2. The zero-order chi connectivity index (χ0) is 20.7. The monoisotopic (exact) mass is 410 g/mol. The van der Waals surface area contributed by atoms with Crippen molar-refractivity contribution in [2.75, 3.05) is 19.6 Å². The molecule has 1 aromatic rings. The van der Waals surface area contributed by atoms with E-state index in [1.54, 1.807) is 0 Å². The molecule has 0 radical (unpaired) electrons. The van der Waals surface area contributed by atoms with Crippen LogP contribution in [0.5, 0.6) is 0 Å². The molecule has 1 aliphatic carbocycles. The normalized spacial score (nSPS) is 26.0. The molecule has 30 heavy (non-hydrogen) atoms. The average molecular weight is 411 g/mol. The lowest BCUT2D eigenvalue weighted by Gasteiger charge is -2.38. The number of fused-ring (bicyclic) bond motifs is 1. The molecule has 6 nitrogen and oxygen atoms in total. The number of hydrogen-bond donors (Lipinski definition) is 0. The van der Waals surface area contributed by atoms with E-state index in [2.05, 4.69) is 18.2 Å². The molecule has 1 spiro atoms. The van der Waals surface area contributed by atoms with Crippen molar-refractivity contribution >= 4 is 17.8 Å². The van der Waals surface area contributed by atoms with Crippen molar-refractivity contribution in [2.45, 2.75) is 63.5 Å². The summed E-state index contributed by atoms with van der Waals surface area (Å²) in [5.74, 6) is -0.297. The fraction of sp³-hybridized carbons (Fsp3) is 0.625. The summed E-state index contributed by atoms with van der Waals surface area (Å²) < 4.78 is 5.65. The van der Waals surface area contributed by atoms with Crippen LogP contribution in [-0.4, -0.2) is 52.8 Å². The van der Waals surface area contributed by atoms with Gasteiger partial charge in [0.05, 0.1) is 12.3 Å². The van der Waals surface area contributed by atoms with Crippen LogP contribution in [0.1, 0.15) is 56.1 Å². The van der Waals surface area contributed by atoms with Crippen molar-refractivity contribution in [2.24, 2.45) is 11.8 Å². The Morgan fingerprint density at radius 3 is 2.37 bits per heavy atom. The predicted molar refractivity (Wildman–Crippen MR) is 110 cm³/mol. The first-order chi connectivity index (χ1) is 14.6. The van der Waals surface area contributed by atoms with Crippen LogP contribution in [0.4, 0.5) is 0 Å². The molecular formula is C24H30N2O4. The van der Waals surface area contributed by atoms with E-state index < -0.39 is 5.60 Å². The molecule has 1 saturated carbocycles. The van der Waals surface area contributed by atoms with Crippen molar-refractivity contribution < 1.29 is 19.1 Å². The van der Waals surface area contributed by atoms with Crippen LogP contribution < -0.4 is 0 Å². The molecule has 0 aromatic heterocycles. The van der Waals surface area contributed by atoms with E-state index in [1.807, 2.05) is 15.9 Å². The molecule has 2 saturated heterocycles. The lowest BCUT2D eigenvalue weighted by Crippen LogP contribution is -2.49. The van der Waals surface area contributed by atoms with E-state index in [0.29, 0.717) is 32.5 Å². The van der Waals surface area contributed by atoms with Crippen molar-refractivity contribution in [1.29, 1.82) is 0 Å². The molecule has 1 aromatic carbocycles. The summed E-state index contributed by atoms with van der Waals surface area (Å²) in [6, 6.07) is 8.35. The first kappa shape index (κ1) is 19.6. The third-order valence-electron chi connectivity index (χ3n) is 7.67. The number of carbonyl (C=O) groups excluding carboxylic acids is 3. The molecule has 0 bridgehead atoms. The number of hydrogen-bond acceptors (Lipinski definition) is 4. The lowest BCUT2D eigenvalue weighted by atomic mass is 9.83. The van der Waals surface area contributed by atoms with Gasteiger partial charge in [-0.05, 0) is 56.1 Å². The van der Waals surface area contributed by atoms with Gasteiger partial charge in [-0.25, -0.2) is 0 Å². The van der Waals surface area contributed by atoms with Gasteiger partial charge in [0.25, 0.3) is 0 Å². The van der Waals surface area contributed by atoms with Gasteiger partial charge < -0.3 is 14.5 Å². The SMILES string of the molecule is O=C1CC(C(=O)N2CCC(C(=O)N3CCc4ccccc4C3)CC2)C2(CCCC2)O1. The first-order valence-corrected chi connectivity index (χ1v) is 11.4. The summed E-state index contributed by atoms with van der Waals surface area (Å²) in [4.78, 5) is 42.1. The van der Waals surface area contributed by atoms with E-state index in [1.165, 1.54) is 11.1 Å². The first-order valence-electron chi connectivity index (χ1n) is 11.4. The van der Waals surface area contributed by atoms with Crippen LogP contribution in [0.2, 0.25) is 0 Å². The highest BCUT2D eigenvalue weighted by Crippen LogP contribution is 2.46. The van der Waals surface area contributed by atoms with E-state index in [-0.39, 0.29) is 36.0 Å². The quantitative estimate of drug-likeness (QED) is 0.703. The van der Waals surface area contributed by atoms with Gasteiger partial charge in [0.15, 0.2) is 0 Å². The Morgan fingerprint density at radius 2 is 1.63 bits per heavy atom. The predicted octanol–water partition coefficient (Wildman–Crippen LogP) is 2.69. The fourth-order valence-corrected chi connectivity index (χ4v) is 5.94. The molecule has 4 aliphatic rings. The molecule has 5 rings (SSSR count). The molecule has 3 aliphatic heterocycles. The van der Waals surface area contributed by atoms with Crippen LogP contribution in [0.3, 0.4) is 0 Å². The number of rotatable bonds is 2. The summed E-state index contributed by atoms with van der Waals surface area (Å²) in [6.45, 7) is 2.66. The minimum absolute atomic E-state index is 0.0128. The van der Waals surface area contributed by atoms with Crippen molar-refractivity contribution in [3.8, 4) is 0 Å². The molecule has 0 N–H and O–H groups in total. The lowest BCUT2D eigenvalue weighted by molar-refractivity contribution is -0.153. The number of likely N-dealkylation sites (tertiary alicyclic amines) is 1. The number of nitrogens with zero attached hydrogens (tertiary/aromatic N) is 2. The Hall–Kier alpha value is -2.37. The number of amides is 2. The zero-order valence-electron chi connectivity index (χ0n) is 17.5. The van der Waals surface area contributed by atoms with Crippen LogP contribution in [-0.2, 0) is 32.1 Å². The molecule has 3 fully saturated rings. The second kappa shape index (κ2) is 7.71. The third kappa shape index (κ3) is 3.40. The third-order valence-corrected chi connectivity index (χ3v) is 7.67. The van der Waals surface area contributed by atoms with E-state index >= 15 is 0 Å². The summed E-state index contributed by atoms with van der Waals surface area (Å²) >= 11 is 0. The van der Waals surface area contributed by atoms with Crippen molar-refractivity contribution in [1.82, 2.24) is 9.80 Å². The topological polar surface area (TPSA) is 66.9 Å². The van der Waals surface area contributed by atoms with Crippen LogP contribution in [0.25, 0.3) is 0 Å². The van der Waals surface area contributed by atoms with Gasteiger partial charge in [0.2, 0.25) is 11.8 Å². The highest BCUT2D eigenvalue weighted by Gasteiger charge is 2.55. The molecule has 6 heteroatoms. The Morgan fingerprint density at radius 1 is 0.933 bits per heavy atom. The molecule has 2 amide bonds. The smallest absolute Gasteiger partial charge is 0.307 e. The van der Waals surface area contributed by atoms with Gasteiger partial charge >= 0.3 is 5.97 Å². The summed E-state index contributed by atoms with van der Waals surface area (Å²) in [6.07, 6.45) is 6.19. The maximum Gasteiger partial charge on any atom is 0.307 e. The van der Waals surface area contributed by atoms with Gasteiger partial charge in [0, 0.05) is 32.1 Å². The minimum atomic E-state index is -0.554. The molecular weight excluding hydrogens is 380 g/mol. The number of esters is 1. The number of ether oxygens (including phenoxy) is 1. The number of benzene rings is 1. The standard InChI is InChI=1S/C24H30N2O4/c27-21-15-20(24(30-21)10-3-4-11-24)23(29)25-12-8-18(9-13-25)22(28)26-14-7-17-5-1-2-6-19(17)16-26/h1-2,5-6,18,20H,3-4,7-16H2. The fourth-order valence-electron chi connectivity index (χ4n) is 5.94. The van der Waals surface area contributed by atoms with Gasteiger partial charge in [-0.15, -0.1) is 0 Å². The highest BCUT2D eigenvalue weighted by atomic mass is 16.6. The second-order valence-electron chi connectivity index (χ2n) is 9.38. The van der Waals surface area contributed by atoms with Gasteiger partial charge in [-0.1, -0.05) is 24.3 Å². The van der Waals surface area contributed by atoms with Gasteiger partial charge in [0.1, 0.15) is 5.60 Å². The molecule has 1 atom stereocenters.